The zero-order valence-electron chi connectivity index (χ0n) is 23.7. The van der Waals surface area contributed by atoms with Gasteiger partial charge < -0.3 is 20.3 Å². The molecule has 2 radical (unpaired) electrons. The molecule has 10 heteroatoms. The summed E-state index contributed by atoms with van der Waals surface area (Å²) in [5.41, 5.74) is 0. The van der Waals surface area contributed by atoms with Crippen LogP contribution in [0, 0.1) is 5.92 Å². The third kappa shape index (κ3) is 32.4. The van der Waals surface area contributed by atoms with Crippen LogP contribution in [0.5, 0.6) is 0 Å². The molecule has 0 rings (SSSR count). The Bertz CT molecular complexity index is 539. The Morgan fingerprint density at radius 1 is 0.750 bits per heavy atom. The topological polar surface area (TPSA) is 116 Å². The van der Waals surface area contributed by atoms with Gasteiger partial charge in [-0.1, -0.05) is 90.9 Å². The van der Waals surface area contributed by atoms with Crippen molar-refractivity contribution in [3.8, 4) is 0 Å². The average molecular weight is 533 g/mol. The van der Waals surface area contributed by atoms with Gasteiger partial charge in [-0.2, -0.15) is 0 Å². The Hall–Kier alpha value is 0.330. The van der Waals surface area contributed by atoms with Gasteiger partial charge >= 0.3 is 11.9 Å². The maximum Gasteiger partial charge on any atom is 0.329 e. The minimum Gasteiger partial charge on any atom is -0.480 e. The number of aliphatic carboxylic acids is 2. The molecule has 0 aromatic carbocycles. The zero-order valence-corrected chi connectivity index (χ0v) is 27.7. The molecular formula is C26H50N2Na2O6. The van der Waals surface area contributed by atoms with Gasteiger partial charge in [-0.15, -0.1) is 0 Å². The first kappa shape index (κ1) is 40.8. The van der Waals surface area contributed by atoms with E-state index in [1.807, 2.05) is 0 Å². The van der Waals surface area contributed by atoms with Gasteiger partial charge in [0.05, 0.1) is 13.2 Å². The van der Waals surface area contributed by atoms with E-state index in [0.29, 0.717) is 26.1 Å². The largest absolute Gasteiger partial charge is 0.480 e. The molecule has 36 heavy (non-hydrogen) atoms. The standard InChI is InChI=1S/C26H50N2O6.2Na/c1-23(2)15-13-11-9-7-5-3-4-6-8-10-12-14-16-24(29)27-17-18-28(21-25(30)31)19-20-34-22-26(32)33;;/h23H,3-22H2,1-2H3,(H,27,29)(H,30,31)(H,32,33);;. The molecule has 1 amide bonds. The molecular weight excluding hydrogens is 482 g/mol. The number of rotatable bonds is 25. The number of hydrogen-bond donors (Lipinski definition) is 3. The number of nitrogens with one attached hydrogen (secondary N) is 1. The predicted octanol–water partition coefficient (Wildman–Crippen LogP) is 3.95. The van der Waals surface area contributed by atoms with Crippen LogP contribution in [0.3, 0.4) is 0 Å². The fourth-order valence-corrected chi connectivity index (χ4v) is 3.86. The quantitative estimate of drug-likeness (QED) is 0.120. The number of nitrogens with zero attached hydrogens (tertiary/aromatic N) is 1. The van der Waals surface area contributed by atoms with Crippen molar-refractivity contribution < 1.29 is 29.3 Å². The van der Waals surface area contributed by atoms with Crippen molar-refractivity contribution in [3.63, 3.8) is 0 Å². The molecule has 0 spiro atoms. The fraction of sp³-hybridized carbons (Fsp3) is 0.885. The van der Waals surface area contributed by atoms with Gasteiger partial charge in [0.2, 0.25) is 5.91 Å². The molecule has 0 aliphatic rings. The van der Waals surface area contributed by atoms with E-state index in [9.17, 15) is 14.4 Å². The molecule has 0 heterocycles. The number of unbranched alkanes of at least 4 members (excludes halogenated alkanes) is 11. The molecule has 0 aromatic heterocycles. The maximum atomic E-state index is 12.0. The number of carboxylic acid groups (broad SMARTS) is 2. The van der Waals surface area contributed by atoms with Crippen LogP contribution >= 0.6 is 0 Å². The third-order valence-corrected chi connectivity index (χ3v) is 5.82. The number of carbonyl (C=O) groups excluding carboxylic acids is 1. The molecule has 0 unspecified atom stereocenters. The van der Waals surface area contributed by atoms with Crippen LogP contribution in [0.15, 0.2) is 0 Å². The monoisotopic (exact) mass is 532 g/mol. The molecule has 0 aliphatic carbocycles. The summed E-state index contributed by atoms with van der Waals surface area (Å²) in [6.45, 7) is 5.18. The first-order valence-electron chi connectivity index (χ1n) is 13.3. The molecule has 8 nitrogen and oxygen atoms in total. The zero-order chi connectivity index (χ0) is 25.4. The van der Waals surface area contributed by atoms with Gasteiger partial charge in [0, 0.05) is 85.2 Å². The third-order valence-electron chi connectivity index (χ3n) is 5.82. The SMILES string of the molecule is CC(C)CCCCCCCCCCCCCCC(=O)NCCN(CCOCC(=O)O)CC(=O)O.[Na].[Na]. The molecule has 0 saturated carbocycles. The molecule has 202 valence electrons. The Labute approximate surface area is 263 Å². The predicted molar refractivity (Wildman–Crippen MR) is 147 cm³/mol. The second-order valence-electron chi connectivity index (χ2n) is 9.64. The molecule has 0 fully saturated rings. The number of carboxylic acids is 2. The Balaban J connectivity index is -0.00000544. The van der Waals surface area contributed by atoms with Crippen molar-refractivity contribution in [2.24, 2.45) is 5.92 Å². The first-order chi connectivity index (χ1) is 16.3. The van der Waals surface area contributed by atoms with Crippen molar-refractivity contribution in [1.82, 2.24) is 10.2 Å². The van der Waals surface area contributed by atoms with E-state index in [4.69, 9.17) is 14.9 Å². The summed E-state index contributed by atoms with van der Waals surface area (Å²) in [5, 5.41) is 20.4. The number of ether oxygens (including phenoxy) is 1. The van der Waals surface area contributed by atoms with Gasteiger partial charge in [0.1, 0.15) is 6.61 Å². The second-order valence-corrected chi connectivity index (χ2v) is 9.64. The van der Waals surface area contributed by atoms with Crippen LogP contribution in [0.1, 0.15) is 104 Å². The smallest absolute Gasteiger partial charge is 0.329 e. The Morgan fingerprint density at radius 2 is 1.25 bits per heavy atom. The average Bonchev–Trinajstić information content (AvgIpc) is 2.76. The van der Waals surface area contributed by atoms with Gasteiger partial charge in [-0.25, -0.2) is 4.79 Å². The number of carbonyl (C=O) groups is 3. The molecule has 0 saturated heterocycles. The van der Waals surface area contributed by atoms with E-state index in [0.717, 1.165) is 18.8 Å². The molecule has 0 bridgehead atoms. The molecule has 0 aliphatic heterocycles. The number of hydrogen-bond acceptors (Lipinski definition) is 5. The molecule has 3 N–H and O–H groups in total. The molecule has 0 aromatic rings. The van der Waals surface area contributed by atoms with E-state index in [1.165, 1.54) is 70.6 Å². The summed E-state index contributed by atoms with van der Waals surface area (Å²) in [5.74, 6) is -1.20. The molecule has 0 atom stereocenters. The summed E-state index contributed by atoms with van der Waals surface area (Å²) >= 11 is 0. The van der Waals surface area contributed by atoms with Gasteiger partial charge in [-0.3, -0.25) is 14.5 Å². The summed E-state index contributed by atoms with van der Waals surface area (Å²) in [7, 11) is 0. The van der Waals surface area contributed by atoms with Crippen LogP contribution in [-0.2, 0) is 19.1 Å². The fourth-order valence-electron chi connectivity index (χ4n) is 3.86. The van der Waals surface area contributed by atoms with Crippen LogP contribution in [-0.4, -0.2) is 131 Å². The normalized spacial score (nSPS) is 10.7. The summed E-state index contributed by atoms with van der Waals surface area (Å²) < 4.78 is 4.95. The van der Waals surface area contributed by atoms with E-state index in [1.54, 1.807) is 4.90 Å². The summed E-state index contributed by atoms with van der Waals surface area (Å²) in [6.07, 6.45) is 17.1. The van der Waals surface area contributed by atoms with Crippen LogP contribution < -0.4 is 5.32 Å². The Kier molecular flexibility index (Phi) is 33.9. The summed E-state index contributed by atoms with van der Waals surface area (Å²) in [4.78, 5) is 35.0. The van der Waals surface area contributed by atoms with Crippen LogP contribution in [0.2, 0.25) is 0 Å². The van der Waals surface area contributed by atoms with E-state index >= 15 is 0 Å². The summed E-state index contributed by atoms with van der Waals surface area (Å²) in [6, 6.07) is 0. The van der Waals surface area contributed by atoms with Gasteiger partial charge in [-0.05, 0) is 12.3 Å². The first-order valence-corrected chi connectivity index (χ1v) is 13.3. The second kappa shape index (κ2) is 29.9. The van der Waals surface area contributed by atoms with Crippen molar-refractivity contribution in [1.29, 1.82) is 0 Å². The van der Waals surface area contributed by atoms with E-state index in [2.05, 4.69) is 19.2 Å². The van der Waals surface area contributed by atoms with Crippen molar-refractivity contribution >= 4 is 77.0 Å². The van der Waals surface area contributed by atoms with Gasteiger partial charge in [0.15, 0.2) is 0 Å². The van der Waals surface area contributed by atoms with Crippen LogP contribution in [0.25, 0.3) is 0 Å². The van der Waals surface area contributed by atoms with Crippen molar-refractivity contribution in [3.05, 3.63) is 0 Å². The van der Waals surface area contributed by atoms with E-state index in [-0.39, 0.29) is 78.2 Å². The van der Waals surface area contributed by atoms with E-state index < -0.39 is 18.5 Å². The minimum absolute atomic E-state index is 0. The minimum atomic E-state index is -1.06. The Morgan fingerprint density at radius 3 is 1.72 bits per heavy atom. The maximum absolute atomic E-state index is 12.0. The van der Waals surface area contributed by atoms with Gasteiger partial charge in [0.25, 0.3) is 0 Å². The van der Waals surface area contributed by atoms with Crippen LogP contribution in [0.4, 0.5) is 0 Å². The van der Waals surface area contributed by atoms with Crippen molar-refractivity contribution in [2.75, 3.05) is 39.4 Å². The van der Waals surface area contributed by atoms with Crippen molar-refractivity contribution in [2.45, 2.75) is 104 Å². The number of amides is 1.